The van der Waals surface area contributed by atoms with Crippen molar-refractivity contribution >= 4 is 5.91 Å². The van der Waals surface area contributed by atoms with Gasteiger partial charge in [-0.2, -0.15) is 4.98 Å². The van der Waals surface area contributed by atoms with Crippen LogP contribution in [-0.2, 0) is 10.2 Å². The number of nitrogens with zero attached hydrogens (tertiary/aromatic N) is 3. The van der Waals surface area contributed by atoms with Crippen molar-refractivity contribution in [1.82, 2.24) is 15.0 Å². The Morgan fingerprint density at radius 1 is 1.38 bits per heavy atom. The Bertz CT molecular complexity index is 769. The average Bonchev–Trinajstić information content (AvgIpc) is 2.99. The molecule has 2 aromatic rings. The number of likely N-dealkylation sites (N-methyl/N-ethyl adjacent to an activating group) is 1. The monoisotopic (exact) mass is 329 g/mol. The van der Waals surface area contributed by atoms with Gasteiger partial charge in [0.2, 0.25) is 11.8 Å². The molecule has 1 aromatic carbocycles. The summed E-state index contributed by atoms with van der Waals surface area (Å²) in [6.45, 7) is 0.605. The summed E-state index contributed by atoms with van der Waals surface area (Å²) in [5.41, 5.74) is 0.581. The summed E-state index contributed by atoms with van der Waals surface area (Å²) in [6.07, 6.45) is 4.11. The molecule has 4 rings (SSSR count). The number of aromatic nitrogens is 2. The smallest absolute Gasteiger partial charge is 0.231 e. The molecule has 1 saturated heterocycles. The van der Waals surface area contributed by atoms with Crippen LogP contribution in [0.1, 0.15) is 55.3 Å². The number of carbonyl (C=O) groups is 1. The number of hydrogen-bond acceptors (Lipinski definition) is 4. The van der Waals surface area contributed by atoms with Crippen LogP contribution in [0.4, 0.5) is 4.39 Å². The average molecular weight is 329 g/mol. The zero-order valence-corrected chi connectivity index (χ0v) is 13.7. The second kappa shape index (κ2) is 5.69. The highest BCUT2D eigenvalue weighted by Gasteiger charge is 2.45. The minimum Gasteiger partial charge on any atom is -0.345 e. The first-order chi connectivity index (χ1) is 11.6. The molecule has 2 fully saturated rings. The zero-order chi connectivity index (χ0) is 16.7. The largest absolute Gasteiger partial charge is 0.345 e. The third kappa shape index (κ3) is 2.41. The van der Waals surface area contributed by atoms with E-state index in [2.05, 4.69) is 10.1 Å². The van der Waals surface area contributed by atoms with E-state index in [-0.39, 0.29) is 23.1 Å². The quantitative estimate of drug-likeness (QED) is 0.868. The number of rotatable bonds is 3. The standard InChI is InChI=1S/C18H20FN3O2/c1-22-11-12(6-7-15(22)23)16-20-17(21-24-16)18(8-3-9-18)13-4-2-5-14(19)10-13/h2,4-5,10,12H,3,6-9,11H2,1H3. The number of hydrogen-bond donors (Lipinski definition) is 0. The molecule has 2 aliphatic rings. The Labute approximate surface area is 139 Å². The number of piperidine rings is 1. The van der Waals surface area contributed by atoms with E-state index in [1.165, 1.54) is 6.07 Å². The molecule has 5 nitrogen and oxygen atoms in total. The van der Waals surface area contributed by atoms with E-state index in [0.29, 0.717) is 24.7 Å². The second-order valence-corrected chi connectivity index (χ2v) is 6.91. The molecule has 1 aromatic heterocycles. The molecule has 0 spiro atoms. The summed E-state index contributed by atoms with van der Waals surface area (Å²) in [4.78, 5) is 18.0. The number of likely N-dealkylation sites (tertiary alicyclic amines) is 1. The van der Waals surface area contributed by atoms with Gasteiger partial charge in [-0.05, 0) is 37.0 Å². The Balaban J connectivity index is 1.63. The van der Waals surface area contributed by atoms with Crippen molar-refractivity contribution in [2.24, 2.45) is 0 Å². The first-order valence-corrected chi connectivity index (χ1v) is 8.42. The fourth-order valence-electron chi connectivity index (χ4n) is 3.77. The summed E-state index contributed by atoms with van der Waals surface area (Å²) in [5, 5.41) is 4.22. The van der Waals surface area contributed by atoms with Gasteiger partial charge in [0.05, 0.1) is 11.3 Å². The lowest BCUT2D eigenvalue weighted by molar-refractivity contribution is -0.132. The summed E-state index contributed by atoms with van der Waals surface area (Å²) >= 11 is 0. The van der Waals surface area contributed by atoms with Gasteiger partial charge < -0.3 is 9.42 Å². The summed E-state index contributed by atoms with van der Waals surface area (Å²) < 4.78 is 19.2. The minimum absolute atomic E-state index is 0.0820. The van der Waals surface area contributed by atoms with Gasteiger partial charge in [0.25, 0.3) is 0 Å². The molecule has 2 heterocycles. The Kier molecular flexibility index (Phi) is 3.62. The fraction of sp³-hybridized carbons (Fsp3) is 0.500. The third-order valence-corrected chi connectivity index (χ3v) is 5.43. The van der Waals surface area contributed by atoms with Gasteiger partial charge in [-0.3, -0.25) is 4.79 Å². The van der Waals surface area contributed by atoms with Crippen molar-refractivity contribution in [3.05, 3.63) is 47.4 Å². The van der Waals surface area contributed by atoms with Crippen molar-refractivity contribution in [3.63, 3.8) is 0 Å². The maximum atomic E-state index is 13.6. The van der Waals surface area contributed by atoms with Crippen LogP contribution in [0.25, 0.3) is 0 Å². The van der Waals surface area contributed by atoms with Gasteiger partial charge in [-0.15, -0.1) is 0 Å². The van der Waals surface area contributed by atoms with Gasteiger partial charge in [-0.1, -0.05) is 23.7 Å². The molecular weight excluding hydrogens is 309 g/mol. The molecule has 1 unspecified atom stereocenters. The first-order valence-electron chi connectivity index (χ1n) is 8.42. The molecule has 0 bridgehead atoms. The van der Waals surface area contributed by atoms with E-state index >= 15 is 0 Å². The van der Waals surface area contributed by atoms with Gasteiger partial charge in [0, 0.05) is 20.0 Å². The maximum Gasteiger partial charge on any atom is 0.231 e. The van der Waals surface area contributed by atoms with Crippen LogP contribution in [0.15, 0.2) is 28.8 Å². The molecule has 6 heteroatoms. The van der Waals surface area contributed by atoms with E-state index in [1.54, 1.807) is 24.1 Å². The number of benzene rings is 1. The summed E-state index contributed by atoms with van der Waals surface area (Å²) in [5.74, 6) is 1.23. The number of carbonyl (C=O) groups excluding carboxylic acids is 1. The van der Waals surface area contributed by atoms with Crippen LogP contribution in [0.2, 0.25) is 0 Å². The van der Waals surface area contributed by atoms with Gasteiger partial charge >= 0.3 is 0 Å². The second-order valence-electron chi connectivity index (χ2n) is 6.91. The van der Waals surface area contributed by atoms with Crippen LogP contribution in [0.5, 0.6) is 0 Å². The summed E-state index contributed by atoms with van der Waals surface area (Å²) in [7, 11) is 1.80. The van der Waals surface area contributed by atoms with Gasteiger partial charge in [0.15, 0.2) is 5.82 Å². The van der Waals surface area contributed by atoms with Gasteiger partial charge in [-0.25, -0.2) is 4.39 Å². The maximum absolute atomic E-state index is 13.6. The van der Waals surface area contributed by atoms with E-state index in [1.807, 2.05) is 6.07 Å². The fourth-order valence-corrected chi connectivity index (χ4v) is 3.77. The minimum atomic E-state index is -0.333. The molecule has 1 saturated carbocycles. The molecule has 1 amide bonds. The van der Waals surface area contributed by atoms with Crippen LogP contribution >= 0.6 is 0 Å². The van der Waals surface area contributed by atoms with E-state index in [4.69, 9.17) is 4.52 Å². The molecular formula is C18H20FN3O2. The van der Waals surface area contributed by atoms with Crippen LogP contribution in [0.3, 0.4) is 0 Å². The number of halogens is 1. The van der Waals surface area contributed by atoms with Crippen LogP contribution in [-0.4, -0.2) is 34.5 Å². The normalized spacial score (nSPS) is 23.2. The molecule has 126 valence electrons. The summed E-state index contributed by atoms with van der Waals surface area (Å²) in [6, 6.07) is 6.69. The lowest BCUT2D eigenvalue weighted by Gasteiger charge is -2.39. The molecule has 0 radical (unpaired) electrons. The predicted molar refractivity (Wildman–Crippen MR) is 84.9 cm³/mol. The van der Waals surface area contributed by atoms with Crippen molar-refractivity contribution in [2.45, 2.75) is 43.4 Å². The van der Waals surface area contributed by atoms with E-state index < -0.39 is 0 Å². The highest BCUT2D eigenvalue weighted by Crippen LogP contribution is 2.48. The van der Waals surface area contributed by atoms with Crippen molar-refractivity contribution < 1.29 is 13.7 Å². The van der Waals surface area contributed by atoms with Crippen LogP contribution < -0.4 is 0 Å². The van der Waals surface area contributed by atoms with E-state index in [0.717, 1.165) is 31.2 Å². The van der Waals surface area contributed by atoms with Crippen molar-refractivity contribution in [3.8, 4) is 0 Å². The lowest BCUT2D eigenvalue weighted by Crippen LogP contribution is -2.37. The van der Waals surface area contributed by atoms with E-state index in [9.17, 15) is 9.18 Å². The highest BCUT2D eigenvalue weighted by molar-refractivity contribution is 5.76. The Hall–Kier alpha value is -2.24. The van der Waals surface area contributed by atoms with Gasteiger partial charge in [0.1, 0.15) is 5.82 Å². The first kappa shape index (κ1) is 15.3. The number of amides is 1. The van der Waals surface area contributed by atoms with Crippen LogP contribution in [0, 0.1) is 5.82 Å². The molecule has 1 atom stereocenters. The third-order valence-electron chi connectivity index (χ3n) is 5.43. The van der Waals surface area contributed by atoms with Crippen molar-refractivity contribution in [2.75, 3.05) is 13.6 Å². The topological polar surface area (TPSA) is 59.2 Å². The Morgan fingerprint density at radius 3 is 2.88 bits per heavy atom. The molecule has 0 N–H and O–H groups in total. The van der Waals surface area contributed by atoms with Crippen molar-refractivity contribution in [1.29, 1.82) is 0 Å². The SMILES string of the molecule is CN1CC(c2nc(C3(c4cccc(F)c4)CCC3)no2)CCC1=O. The molecule has 24 heavy (non-hydrogen) atoms. The lowest BCUT2D eigenvalue weighted by atomic mass is 9.64. The Morgan fingerprint density at radius 2 is 2.21 bits per heavy atom. The predicted octanol–water partition coefficient (Wildman–Crippen LogP) is 3.01. The molecule has 1 aliphatic heterocycles. The zero-order valence-electron chi connectivity index (χ0n) is 13.7. The molecule has 1 aliphatic carbocycles. The highest BCUT2D eigenvalue weighted by atomic mass is 19.1.